The van der Waals surface area contributed by atoms with Gasteiger partial charge in [0.25, 0.3) is 11.1 Å². The minimum absolute atomic E-state index is 0.0161. The Labute approximate surface area is 207 Å². The molecule has 2 aromatic carbocycles. The third kappa shape index (κ3) is 4.95. The third-order valence-corrected chi connectivity index (χ3v) is 7.95. The van der Waals surface area contributed by atoms with Crippen LogP contribution in [-0.4, -0.2) is 59.9 Å². The van der Waals surface area contributed by atoms with Crippen molar-refractivity contribution in [1.82, 2.24) is 9.80 Å². The van der Waals surface area contributed by atoms with Gasteiger partial charge in [-0.05, 0) is 53.1 Å². The second-order valence-electron chi connectivity index (χ2n) is 7.79. The van der Waals surface area contributed by atoms with Crippen LogP contribution >= 0.6 is 23.5 Å². The maximum absolute atomic E-state index is 13.0. The quantitative estimate of drug-likeness (QED) is 0.493. The predicted octanol–water partition coefficient (Wildman–Crippen LogP) is 4.58. The van der Waals surface area contributed by atoms with Gasteiger partial charge in [-0.3, -0.25) is 19.3 Å². The van der Waals surface area contributed by atoms with Crippen molar-refractivity contribution in [2.45, 2.75) is 18.7 Å². The first-order valence-electron chi connectivity index (χ1n) is 10.9. The average molecular weight is 499 g/mol. The summed E-state index contributed by atoms with van der Waals surface area (Å²) in [4.78, 5) is 41.4. The van der Waals surface area contributed by atoms with Crippen molar-refractivity contribution in [2.75, 3.05) is 33.1 Å². The number of amides is 3. The highest BCUT2D eigenvalue weighted by Gasteiger charge is 2.38. The van der Waals surface area contributed by atoms with Gasteiger partial charge in [0.2, 0.25) is 5.91 Å². The average Bonchev–Trinajstić information content (AvgIpc) is 3.35. The van der Waals surface area contributed by atoms with Crippen molar-refractivity contribution < 1.29 is 23.9 Å². The molecule has 0 N–H and O–H groups in total. The molecule has 0 aliphatic carbocycles. The van der Waals surface area contributed by atoms with E-state index in [9.17, 15) is 14.4 Å². The molecule has 2 aliphatic heterocycles. The molecule has 9 heteroatoms. The first-order valence-corrected chi connectivity index (χ1v) is 12.8. The lowest BCUT2D eigenvalue weighted by atomic mass is 10.1. The largest absolute Gasteiger partial charge is 0.493 e. The Morgan fingerprint density at radius 3 is 2.41 bits per heavy atom. The summed E-state index contributed by atoms with van der Waals surface area (Å²) in [5.74, 6) is 1.18. The molecular formula is C25H26N2O5S2. The zero-order chi connectivity index (χ0) is 24.2. The molecule has 0 spiro atoms. The fourth-order valence-corrected chi connectivity index (χ4v) is 5.97. The number of hydrogen-bond acceptors (Lipinski definition) is 7. The number of imide groups is 1. The van der Waals surface area contributed by atoms with Crippen LogP contribution in [0, 0.1) is 0 Å². The zero-order valence-corrected chi connectivity index (χ0v) is 20.9. The summed E-state index contributed by atoms with van der Waals surface area (Å²) in [7, 11) is 3.09. The van der Waals surface area contributed by atoms with Crippen molar-refractivity contribution in [1.29, 1.82) is 0 Å². The van der Waals surface area contributed by atoms with Crippen LogP contribution in [0.2, 0.25) is 0 Å². The molecule has 2 saturated heterocycles. The molecular weight excluding hydrogens is 472 g/mol. The van der Waals surface area contributed by atoms with Gasteiger partial charge in [-0.1, -0.05) is 37.3 Å². The standard InChI is InChI=1S/C25H26N2O5S2/c1-4-16-5-8-18(9-6-16)24-26(22(28)15-33-24)11-12-27-23(29)21(34-25(27)30)14-17-7-10-19(31-2)20(13-17)32-3/h5-10,13-14,24H,4,11-12,15H2,1-3H3/b21-14+. The molecule has 0 radical (unpaired) electrons. The SMILES string of the molecule is CCc1ccc(C2SCC(=O)N2CCN2C(=O)S/C(=C/c3ccc(OC)c(OC)c3)C2=O)cc1. The summed E-state index contributed by atoms with van der Waals surface area (Å²) in [6.07, 6.45) is 2.62. The predicted molar refractivity (Wildman–Crippen MR) is 135 cm³/mol. The minimum Gasteiger partial charge on any atom is -0.493 e. The lowest BCUT2D eigenvalue weighted by molar-refractivity contribution is -0.129. The van der Waals surface area contributed by atoms with Crippen LogP contribution in [-0.2, 0) is 16.0 Å². The van der Waals surface area contributed by atoms with E-state index in [1.165, 1.54) is 10.5 Å². The first-order chi connectivity index (χ1) is 16.4. The van der Waals surface area contributed by atoms with Gasteiger partial charge in [0.1, 0.15) is 5.37 Å². The molecule has 178 valence electrons. The Balaban J connectivity index is 1.45. The number of ether oxygens (including phenoxy) is 2. The number of methoxy groups -OCH3 is 2. The number of thioether (sulfide) groups is 2. The Morgan fingerprint density at radius 1 is 1.00 bits per heavy atom. The summed E-state index contributed by atoms with van der Waals surface area (Å²) >= 11 is 2.47. The molecule has 34 heavy (non-hydrogen) atoms. The molecule has 2 aromatic rings. The van der Waals surface area contributed by atoms with Gasteiger partial charge < -0.3 is 14.4 Å². The number of hydrogen-bond donors (Lipinski definition) is 0. The monoisotopic (exact) mass is 498 g/mol. The van der Waals surface area contributed by atoms with E-state index in [2.05, 4.69) is 19.1 Å². The molecule has 2 fully saturated rings. The summed E-state index contributed by atoms with van der Waals surface area (Å²) in [6.45, 7) is 2.56. The second-order valence-corrected chi connectivity index (χ2v) is 9.86. The van der Waals surface area contributed by atoms with Crippen molar-refractivity contribution in [3.63, 3.8) is 0 Å². The molecule has 4 rings (SSSR count). The zero-order valence-electron chi connectivity index (χ0n) is 19.3. The first kappa shape index (κ1) is 24.2. The number of nitrogens with zero attached hydrogens (tertiary/aromatic N) is 2. The highest BCUT2D eigenvalue weighted by molar-refractivity contribution is 8.18. The van der Waals surface area contributed by atoms with E-state index in [-0.39, 0.29) is 29.0 Å². The van der Waals surface area contributed by atoms with Crippen LogP contribution in [0.15, 0.2) is 47.4 Å². The van der Waals surface area contributed by atoms with Crippen molar-refractivity contribution in [2.24, 2.45) is 0 Å². The van der Waals surface area contributed by atoms with Gasteiger partial charge in [-0.2, -0.15) is 0 Å². The van der Waals surface area contributed by atoms with E-state index in [0.29, 0.717) is 28.7 Å². The fourth-order valence-electron chi connectivity index (χ4n) is 3.88. The summed E-state index contributed by atoms with van der Waals surface area (Å²) in [5, 5.41) is -0.444. The molecule has 1 atom stereocenters. The van der Waals surface area contributed by atoms with Gasteiger partial charge >= 0.3 is 0 Å². The van der Waals surface area contributed by atoms with Crippen molar-refractivity contribution >= 4 is 46.7 Å². The minimum atomic E-state index is -0.354. The van der Waals surface area contributed by atoms with Gasteiger partial charge in [-0.15, -0.1) is 11.8 Å². The van der Waals surface area contributed by atoms with E-state index < -0.39 is 0 Å². The molecule has 0 aromatic heterocycles. The molecule has 2 aliphatic rings. The maximum atomic E-state index is 13.0. The summed E-state index contributed by atoms with van der Waals surface area (Å²) in [6, 6.07) is 13.5. The van der Waals surface area contributed by atoms with E-state index in [1.54, 1.807) is 55.2 Å². The number of rotatable bonds is 8. The van der Waals surface area contributed by atoms with E-state index in [0.717, 1.165) is 29.3 Å². The number of carbonyl (C=O) groups excluding carboxylic acids is 3. The number of benzene rings is 2. The Hall–Kier alpha value is -2.91. The van der Waals surface area contributed by atoms with Crippen LogP contribution in [0.1, 0.15) is 29.0 Å². The van der Waals surface area contributed by atoms with Crippen LogP contribution in [0.3, 0.4) is 0 Å². The molecule has 1 unspecified atom stereocenters. The van der Waals surface area contributed by atoms with Crippen LogP contribution in [0.5, 0.6) is 11.5 Å². The normalized spacial score (nSPS) is 19.4. The van der Waals surface area contributed by atoms with E-state index >= 15 is 0 Å². The Morgan fingerprint density at radius 2 is 1.74 bits per heavy atom. The summed E-state index contributed by atoms with van der Waals surface area (Å²) < 4.78 is 10.6. The smallest absolute Gasteiger partial charge is 0.293 e. The molecule has 3 amide bonds. The number of aryl methyl sites for hydroxylation is 1. The highest BCUT2D eigenvalue weighted by Crippen LogP contribution is 2.39. The van der Waals surface area contributed by atoms with E-state index in [4.69, 9.17) is 9.47 Å². The maximum Gasteiger partial charge on any atom is 0.293 e. The lowest BCUT2D eigenvalue weighted by Crippen LogP contribution is -2.39. The van der Waals surface area contributed by atoms with Gasteiger partial charge in [0, 0.05) is 13.1 Å². The van der Waals surface area contributed by atoms with Crippen LogP contribution < -0.4 is 9.47 Å². The second kappa shape index (κ2) is 10.6. The molecule has 7 nitrogen and oxygen atoms in total. The number of carbonyl (C=O) groups is 3. The molecule has 2 heterocycles. The van der Waals surface area contributed by atoms with E-state index in [1.807, 2.05) is 12.1 Å². The molecule has 0 saturated carbocycles. The van der Waals surface area contributed by atoms with Crippen molar-refractivity contribution in [3.8, 4) is 11.5 Å². The lowest BCUT2D eigenvalue weighted by Gasteiger charge is -2.26. The Bertz CT molecular complexity index is 1130. The Kier molecular flexibility index (Phi) is 7.53. The molecule has 0 bridgehead atoms. The third-order valence-electron chi connectivity index (χ3n) is 5.78. The fraction of sp³-hybridized carbons (Fsp3) is 0.320. The summed E-state index contributed by atoms with van der Waals surface area (Å²) in [5.41, 5.74) is 3.02. The van der Waals surface area contributed by atoms with Gasteiger partial charge in [0.05, 0.1) is 24.9 Å². The highest BCUT2D eigenvalue weighted by atomic mass is 32.2. The van der Waals surface area contributed by atoms with Crippen molar-refractivity contribution in [3.05, 3.63) is 64.1 Å². The van der Waals surface area contributed by atoms with Gasteiger partial charge in [-0.25, -0.2) is 0 Å². The van der Waals surface area contributed by atoms with Crippen LogP contribution in [0.25, 0.3) is 6.08 Å². The van der Waals surface area contributed by atoms with Gasteiger partial charge in [0.15, 0.2) is 11.5 Å². The van der Waals surface area contributed by atoms with Crippen LogP contribution in [0.4, 0.5) is 4.79 Å². The topological polar surface area (TPSA) is 76.2 Å².